The molecule has 2 rings (SSSR count). The predicted molar refractivity (Wildman–Crippen MR) is 75.2 cm³/mol. The van der Waals surface area contributed by atoms with Gasteiger partial charge in [-0.1, -0.05) is 30.3 Å². The zero-order chi connectivity index (χ0) is 13.8. The fourth-order valence-electron chi connectivity index (χ4n) is 1.82. The van der Waals surface area contributed by atoms with Crippen LogP contribution in [0.1, 0.15) is 34.5 Å². The summed E-state index contributed by atoms with van der Waals surface area (Å²) in [6, 6.07) is 9.13. The first-order chi connectivity index (χ1) is 9.15. The molecule has 1 aromatic heterocycles. The molecule has 0 aliphatic rings. The number of anilines is 1. The molecule has 0 bridgehead atoms. The second-order valence-electron chi connectivity index (χ2n) is 3.96. The van der Waals surface area contributed by atoms with Crippen LogP contribution in [0.4, 0.5) is 5.00 Å². The van der Waals surface area contributed by atoms with E-state index >= 15 is 0 Å². The van der Waals surface area contributed by atoms with E-state index in [-0.39, 0.29) is 12.2 Å². The number of benzene rings is 1. The van der Waals surface area contributed by atoms with E-state index in [9.17, 15) is 9.90 Å². The van der Waals surface area contributed by atoms with Crippen LogP contribution in [0.3, 0.4) is 0 Å². The minimum absolute atomic E-state index is 0.267. The molecule has 0 fully saturated rings. The number of nitrogens with two attached hydrogens (primary N) is 1. The Morgan fingerprint density at radius 3 is 2.74 bits per heavy atom. The van der Waals surface area contributed by atoms with E-state index in [0.29, 0.717) is 16.1 Å². The first kappa shape index (κ1) is 13.6. The monoisotopic (exact) mass is 277 g/mol. The molecule has 1 aromatic carbocycles. The van der Waals surface area contributed by atoms with Gasteiger partial charge in [0, 0.05) is 5.56 Å². The highest BCUT2D eigenvalue weighted by Gasteiger charge is 2.24. The van der Waals surface area contributed by atoms with Gasteiger partial charge < -0.3 is 15.6 Å². The lowest BCUT2D eigenvalue weighted by atomic mass is 10.0. The van der Waals surface area contributed by atoms with E-state index in [0.717, 1.165) is 0 Å². The van der Waals surface area contributed by atoms with Crippen molar-refractivity contribution in [1.82, 2.24) is 0 Å². The van der Waals surface area contributed by atoms with Gasteiger partial charge in [0.15, 0.2) is 0 Å². The fraction of sp³-hybridized carbons (Fsp3) is 0.214. The molecule has 0 aliphatic carbocycles. The summed E-state index contributed by atoms with van der Waals surface area (Å²) < 4.78 is 4.97. The minimum Gasteiger partial charge on any atom is -0.462 e. The number of nitrogen functional groups attached to an aromatic ring is 1. The summed E-state index contributed by atoms with van der Waals surface area (Å²) in [5.74, 6) is -0.494. The number of carbonyl (C=O) groups excluding carboxylic acids is 1. The van der Waals surface area contributed by atoms with Crippen molar-refractivity contribution in [3.63, 3.8) is 0 Å². The van der Waals surface area contributed by atoms with Gasteiger partial charge in [0.1, 0.15) is 11.1 Å². The Balaban J connectivity index is 2.38. The molecule has 2 aromatic rings. The van der Waals surface area contributed by atoms with Crippen molar-refractivity contribution in [1.29, 1.82) is 0 Å². The average molecular weight is 277 g/mol. The van der Waals surface area contributed by atoms with Crippen molar-refractivity contribution in [3.8, 4) is 0 Å². The lowest BCUT2D eigenvalue weighted by Gasteiger charge is -2.12. The molecular formula is C14H15NO3S. The number of esters is 1. The first-order valence-electron chi connectivity index (χ1n) is 5.92. The highest BCUT2D eigenvalue weighted by molar-refractivity contribution is 7.14. The largest absolute Gasteiger partial charge is 0.462 e. The normalized spacial score (nSPS) is 12.1. The van der Waals surface area contributed by atoms with Gasteiger partial charge in [0.05, 0.1) is 12.2 Å². The van der Waals surface area contributed by atoms with Gasteiger partial charge in [-0.05, 0) is 17.9 Å². The lowest BCUT2D eigenvalue weighted by Crippen LogP contribution is -2.11. The van der Waals surface area contributed by atoms with Crippen LogP contribution in [-0.2, 0) is 4.74 Å². The van der Waals surface area contributed by atoms with Crippen molar-refractivity contribution in [2.75, 3.05) is 12.3 Å². The van der Waals surface area contributed by atoms with E-state index in [1.165, 1.54) is 11.3 Å². The minimum atomic E-state index is -0.880. The Morgan fingerprint density at radius 2 is 2.11 bits per heavy atom. The van der Waals surface area contributed by atoms with Crippen LogP contribution >= 0.6 is 11.3 Å². The van der Waals surface area contributed by atoms with Gasteiger partial charge in [-0.2, -0.15) is 0 Å². The third-order valence-corrected chi connectivity index (χ3v) is 3.57. The highest BCUT2D eigenvalue weighted by Crippen LogP contribution is 2.33. The number of carbonyl (C=O) groups is 1. The summed E-state index contributed by atoms with van der Waals surface area (Å²) in [5.41, 5.74) is 7.27. The topological polar surface area (TPSA) is 72.5 Å². The highest BCUT2D eigenvalue weighted by atomic mass is 32.1. The van der Waals surface area contributed by atoms with E-state index in [1.54, 1.807) is 24.4 Å². The predicted octanol–water partition coefficient (Wildman–Crippen LogP) is 2.59. The van der Waals surface area contributed by atoms with Gasteiger partial charge in [-0.3, -0.25) is 0 Å². The van der Waals surface area contributed by atoms with Crippen LogP contribution < -0.4 is 5.73 Å². The molecule has 4 nitrogen and oxygen atoms in total. The molecule has 19 heavy (non-hydrogen) atoms. The Labute approximate surface area is 115 Å². The van der Waals surface area contributed by atoms with Gasteiger partial charge in [0.25, 0.3) is 0 Å². The quantitative estimate of drug-likeness (QED) is 0.842. The zero-order valence-corrected chi connectivity index (χ0v) is 11.3. The maximum atomic E-state index is 11.9. The van der Waals surface area contributed by atoms with Crippen LogP contribution in [0.2, 0.25) is 0 Å². The number of aliphatic hydroxyl groups excluding tert-OH is 1. The summed E-state index contributed by atoms with van der Waals surface area (Å²) >= 11 is 1.23. The summed E-state index contributed by atoms with van der Waals surface area (Å²) in [5, 5.41) is 12.4. The standard InChI is InChI=1S/C14H15NO3S/c1-2-18-14(17)11-10(8-19-13(11)15)12(16)9-6-4-3-5-7-9/h3-8,12,16H,2,15H2,1H3. The molecule has 0 saturated heterocycles. The summed E-state index contributed by atoms with van der Waals surface area (Å²) in [6.45, 7) is 2.00. The molecule has 100 valence electrons. The van der Waals surface area contributed by atoms with Crippen LogP contribution in [0.15, 0.2) is 35.7 Å². The summed E-state index contributed by atoms with van der Waals surface area (Å²) in [4.78, 5) is 11.9. The number of thiophene rings is 1. The molecule has 5 heteroatoms. The maximum Gasteiger partial charge on any atom is 0.341 e. The number of hydrogen-bond donors (Lipinski definition) is 2. The second kappa shape index (κ2) is 5.86. The van der Waals surface area contributed by atoms with Crippen molar-refractivity contribution in [2.45, 2.75) is 13.0 Å². The Bertz CT molecular complexity index is 565. The fourth-order valence-corrected chi connectivity index (χ4v) is 2.64. The zero-order valence-electron chi connectivity index (χ0n) is 10.5. The third kappa shape index (κ3) is 2.77. The van der Waals surface area contributed by atoms with E-state index in [2.05, 4.69) is 0 Å². The molecule has 0 radical (unpaired) electrons. The molecule has 1 heterocycles. The second-order valence-corrected chi connectivity index (χ2v) is 4.88. The molecule has 0 spiro atoms. The first-order valence-corrected chi connectivity index (χ1v) is 6.80. The van der Waals surface area contributed by atoms with Crippen LogP contribution in [-0.4, -0.2) is 17.7 Å². The van der Waals surface area contributed by atoms with Gasteiger partial charge in [0.2, 0.25) is 0 Å². The SMILES string of the molecule is CCOC(=O)c1c(C(O)c2ccccc2)csc1N. The van der Waals surface area contributed by atoms with Gasteiger partial charge in [-0.25, -0.2) is 4.79 Å². The molecule has 1 unspecified atom stereocenters. The Morgan fingerprint density at radius 1 is 1.42 bits per heavy atom. The lowest BCUT2D eigenvalue weighted by molar-refractivity contribution is 0.0523. The third-order valence-electron chi connectivity index (χ3n) is 2.74. The van der Waals surface area contributed by atoms with Crippen LogP contribution in [0, 0.1) is 0 Å². The van der Waals surface area contributed by atoms with E-state index in [4.69, 9.17) is 10.5 Å². The van der Waals surface area contributed by atoms with Crippen molar-refractivity contribution in [2.24, 2.45) is 0 Å². The van der Waals surface area contributed by atoms with E-state index in [1.807, 2.05) is 18.2 Å². The van der Waals surface area contributed by atoms with Gasteiger partial charge in [-0.15, -0.1) is 11.3 Å². The van der Waals surface area contributed by atoms with Crippen molar-refractivity contribution >= 4 is 22.3 Å². The number of hydrogen-bond acceptors (Lipinski definition) is 5. The van der Waals surface area contributed by atoms with Gasteiger partial charge >= 0.3 is 5.97 Å². The molecule has 3 N–H and O–H groups in total. The van der Waals surface area contributed by atoms with Crippen LogP contribution in [0.5, 0.6) is 0 Å². The van der Waals surface area contributed by atoms with E-state index < -0.39 is 12.1 Å². The average Bonchev–Trinajstić information content (AvgIpc) is 2.81. The molecule has 0 saturated carbocycles. The number of ether oxygens (including phenoxy) is 1. The molecular weight excluding hydrogens is 262 g/mol. The maximum absolute atomic E-state index is 11.9. The number of rotatable bonds is 4. The number of aliphatic hydroxyl groups is 1. The smallest absolute Gasteiger partial charge is 0.341 e. The van der Waals surface area contributed by atoms with Crippen molar-refractivity contribution in [3.05, 3.63) is 52.4 Å². The van der Waals surface area contributed by atoms with Crippen LogP contribution in [0.25, 0.3) is 0 Å². The summed E-state index contributed by atoms with van der Waals surface area (Å²) in [7, 11) is 0. The molecule has 0 aliphatic heterocycles. The Hall–Kier alpha value is -1.85. The Kier molecular flexibility index (Phi) is 4.19. The molecule has 1 atom stereocenters. The van der Waals surface area contributed by atoms with Crippen molar-refractivity contribution < 1.29 is 14.6 Å². The summed E-state index contributed by atoms with van der Waals surface area (Å²) in [6.07, 6.45) is -0.880. The molecule has 0 amide bonds.